The Bertz CT molecular complexity index is 521. The molecule has 2 heteroatoms. The highest BCUT2D eigenvalue weighted by Gasteiger charge is 2.21. The van der Waals surface area contributed by atoms with E-state index in [1.807, 2.05) is 0 Å². The molecular formula is C15H18N2. The van der Waals surface area contributed by atoms with Crippen LogP contribution in [0, 0.1) is 5.92 Å². The number of rotatable bonds is 2. The van der Waals surface area contributed by atoms with Gasteiger partial charge in [-0.15, -0.1) is 0 Å². The fourth-order valence-electron chi connectivity index (χ4n) is 2.63. The van der Waals surface area contributed by atoms with Gasteiger partial charge in [0.1, 0.15) is 0 Å². The number of fused-ring (bicyclic) bond motifs is 1. The third-order valence-electron chi connectivity index (χ3n) is 3.72. The van der Waals surface area contributed by atoms with Crippen LogP contribution in [0.4, 0.5) is 5.69 Å². The molecule has 0 amide bonds. The molecule has 17 heavy (non-hydrogen) atoms. The van der Waals surface area contributed by atoms with E-state index in [0.717, 1.165) is 19.6 Å². The highest BCUT2D eigenvalue weighted by atomic mass is 15.2. The first-order valence-corrected chi connectivity index (χ1v) is 6.30. The molecule has 1 heterocycles. The molecule has 2 nitrogen and oxygen atoms in total. The Balaban J connectivity index is 1.91. The standard InChI is InChI=1S/C15H18N2/c16-10-12-7-8-17(11-12)15-6-5-13-3-1-2-4-14(13)9-15/h1-6,9,12H,7-8,10-11,16H2. The second-order valence-electron chi connectivity index (χ2n) is 4.87. The quantitative estimate of drug-likeness (QED) is 0.853. The van der Waals surface area contributed by atoms with Gasteiger partial charge in [-0.05, 0) is 41.8 Å². The fraction of sp³-hybridized carbons (Fsp3) is 0.333. The summed E-state index contributed by atoms with van der Waals surface area (Å²) < 4.78 is 0. The lowest BCUT2D eigenvalue weighted by Crippen LogP contribution is -2.22. The molecule has 0 bridgehead atoms. The van der Waals surface area contributed by atoms with E-state index in [2.05, 4.69) is 47.4 Å². The van der Waals surface area contributed by atoms with Gasteiger partial charge in [0, 0.05) is 18.8 Å². The van der Waals surface area contributed by atoms with Crippen LogP contribution in [-0.2, 0) is 0 Å². The largest absolute Gasteiger partial charge is 0.371 e. The minimum atomic E-state index is 0.668. The van der Waals surface area contributed by atoms with Crippen molar-refractivity contribution in [3.63, 3.8) is 0 Å². The lowest BCUT2D eigenvalue weighted by molar-refractivity contribution is 0.603. The van der Waals surface area contributed by atoms with Gasteiger partial charge in [-0.25, -0.2) is 0 Å². The minimum Gasteiger partial charge on any atom is -0.371 e. The first-order valence-electron chi connectivity index (χ1n) is 6.30. The number of anilines is 1. The second kappa shape index (κ2) is 4.38. The molecule has 1 atom stereocenters. The predicted octanol–water partition coefficient (Wildman–Crippen LogP) is 2.62. The molecule has 2 N–H and O–H groups in total. The minimum absolute atomic E-state index is 0.668. The summed E-state index contributed by atoms with van der Waals surface area (Å²) >= 11 is 0. The van der Waals surface area contributed by atoms with Crippen LogP contribution in [0.3, 0.4) is 0 Å². The van der Waals surface area contributed by atoms with Crippen LogP contribution < -0.4 is 10.6 Å². The highest BCUT2D eigenvalue weighted by Crippen LogP contribution is 2.26. The van der Waals surface area contributed by atoms with Crippen LogP contribution in [-0.4, -0.2) is 19.6 Å². The zero-order chi connectivity index (χ0) is 11.7. The van der Waals surface area contributed by atoms with E-state index in [1.165, 1.54) is 22.9 Å². The van der Waals surface area contributed by atoms with Crippen molar-refractivity contribution in [3.05, 3.63) is 42.5 Å². The van der Waals surface area contributed by atoms with Crippen molar-refractivity contribution in [1.29, 1.82) is 0 Å². The van der Waals surface area contributed by atoms with Gasteiger partial charge in [-0.2, -0.15) is 0 Å². The molecule has 0 saturated carbocycles. The lowest BCUT2D eigenvalue weighted by Gasteiger charge is -2.19. The summed E-state index contributed by atoms with van der Waals surface area (Å²) in [5.41, 5.74) is 7.07. The van der Waals surface area contributed by atoms with Gasteiger partial charge in [-0.1, -0.05) is 30.3 Å². The van der Waals surface area contributed by atoms with Gasteiger partial charge >= 0.3 is 0 Å². The maximum atomic E-state index is 5.74. The summed E-state index contributed by atoms with van der Waals surface area (Å²) in [6, 6.07) is 15.2. The highest BCUT2D eigenvalue weighted by molar-refractivity contribution is 5.85. The molecular weight excluding hydrogens is 208 g/mol. The molecule has 3 rings (SSSR count). The zero-order valence-electron chi connectivity index (χ0n) is 9.97. The number of hydrogen-bond acceptors (Lipinski definition) is 2. The zero-order valence-corrected chi connectivity index (χ0v) is 9.97. The van der Waals surface area contributed by atoms with Crippen LogP contribution in [0.5, 0.6) is 0 Å². The van der Waals surface area contributed by atoms with Crippen LogP contribution >= 0.6 is 0 Å². The molecule has 1 fully saturated rings. The van der Waals surface area contributed by atoms with E-state index < -0.39 is 0 Å². The van der Waals surface area contributed by atoms with Crippen LogP contribution in [0.1, 0.15) is 6.42 Å². The van der Waals surface area contributed by atoms with Gasteiger partial charge < -0.3 is 10.6 Å². The summed E-state index contributed by atoms with van der Waals surface area (Å²) in [4.78, 5) is 2.45. The lowest BCUT2D eigenvalue weighted by atomic mass is 10.1. The Kier molecular flexibility index (Phi) is 2.73. The van der Waals surface area contributed by atoms with Gasteiger partial charge in [0.15, 0.2) is 0 Å². The van der Waals surface area contributed by atoms with E-state index in [9.17, 15) is 0 Å². The normalized spacial score (nSPS) is 20.1. The Morgan fingerprint density at radius 3 is 2.71 bits per heavy atom. The van der Waals surface area contributed by atoms with Gasteiger partial charge in [0.25, 0.3) is 0 Å². The van der Waals surface area contributed by atoms with Crippen molar-refractivity contribution in [3.8, 4) is 0 Å². The Labute approximate surface area is 102 Å². The maximum absolute atomic E-state index is 5.74. The Hall–Kier alpha value is -1.54. The van der Waals surface area contributed by atoms with E-state index >= 15 is 0 Å². The van der Waals surface area contributed by atoms with Crippen molar-refractivity contribution in [1.82, 2.24) is 0 Å². The molecule has 0 radical (unpaired) electrons. The number of benzene rings is 2. The third-order valence-corrected chi connectivity index (χ3v) is 3.72. The molecule has 1 unspecified atom stereocenters. The van der Waals surface area contributed by atoms with Crippen LogP contribution in [0.2, 0.25) is 0 Å². The summed E-state index contributed by atoms with van der Waals surface area (Å²) in [6.45, 7) is 3.05. The van der Waals surface area contributed by atoms with Crippen molar-refractivity contribution < 1.29 is 0 Å². The molecule has 88 valence electrons. The SMILES string of the molecule is NCC1CCN(c2ccc3ccccc3c2)C1. The Morgan fingerprint density at radius 1 is 1.12 bits per heavy atom. The van der Waals surface area contributed by atoms with Gasteiger partial charge in [-0.3, -0.25) is 0 Å². The number of nitrogens with zero attached hydrogens (tertiary/aromatic N) is 1. The fourth-order valence-corrected chi connectivity index (χ4v) is 2.63. The summed E-state index contributed by atoms with van der Waals surface area (Å²) in [6.07, 6.45) is 1.23. The van der Waals surface area contributed by atoms with Crippen molar-refractivity contribution in [2.24, 2.45) is 11.7 Å². The first kappa shape index (κ1) is 10.6. The van der Waals surface area contributed by atoms with Gasteiger partial charge in [0.05, 0.1) is 0 Å². The molecule has 0 aliphatic carbocycles. The smallest absolute Gasteiger partial charge is 0.0372 e. The molecule has 0 aromatic heterocycles. The topological polar surface area (TPSA) is 29.3 Å². The molecule has 0 spiro atoms. The molecule has 1 aliphatic rings. The Morgan fingerprint density at radius 2 is 1.94 bits per heavy atom. The second-order valence-corrected chi connectivity index (χ2v) is 4.87. The average molecular weight is 226 g/mol. The van der Waals surface area contributed by atoms with E-state index in [1.54, 1.807) is 0 Å². The monoisotopic (exact) mass is 226 g/mol. The van der Waals surface area contributed by atoms with E-state index in [-0.39, 0.29) is 0 Å². The summed E-state index contributed by atoms with van der Waals surface area (Å²) in [7, 11) is 0. The molecule has 1 aliphatic heterocycles. The van der Waals surface area contributed by atoms with E-state index in [4.69, 9.17) is 5.73 Å². The van der Waals surface area contributed by atoms with E-state index in [0.29, 0.717) is 5.92 Å². The predicted molar refractivity (Wildman–Crippen MR) is 73.3 cm³/mol. The average Bonchev–Trinajstić information content (AvgIpc) is 2.87. The molecule has 1 saturated heterocycles. The number of hydrogen-bond donors (Lipinski definition) is 1. The summed E-state index contributed by atoms with van der Waals surface area (Å²) in [5.74, 6) is 0.668. The van der Waals surface area contributed by atoms with Gasteiger partial charge in [0.2, 0.25) is 0 Å². The van der Waals surface area contributed by atoms with Crippen LogP contribution in [0.15, 0.2) is 42.5 Å². The van der Waals surface area contributed by atoms with Crippen LogP contribution in [0.25, 0.3) is 10.8 Å². The van der Waals surface area contributed by atoms with Crippen molar-refractivity contribution in [2.45, 2.75) is 6.42 Å². The first-order chi connectivity index (χ1) is 8.36. The molecule has 2 aromatic carbocycles. The number of nitrogens with two attached hydrogens (primary N) is 1. The van der Waals surface area contributed by atoms with Crippen molar-refractivity contribution in [2.75, 3.05) is 24.5 Å². The maximum Gasteiger partial charge on any atom is 0.0372 e. The molecule has 2 aromatic rings. The third kappa shape index (κ3) is 2.01. The summed E-state index contributed by atoms with van der Waals surface area (Å²) in [5, 5.41) is 2.63. The van der Waals surface area contributed by atoms with Crippen molar-refractivity contribution >= 4 is 16.5 Å².